The lowest BCUT2D eigenvalue weighted by Crippen LogP contribution is -2.42. The Balaban J connectivity index is 1.56. The van der Waals surface area contributed by atoms with Crippen LogP contribution in [-0.4, -0.2) is 62.2 Å². The first-order chi connectivity index (χ1) is 14.3. The van der Waals surface area contributed by atoms with Gasteiger partial charge in [-0.3, -0.25) is 9.59 Å². The van der Waals surface area contributed by atoms with Crippen LogP contribution in [0.3, 0.4) is 0 Å². The zero-order chi connectivity index (χ0) is 21.7. The molecule has 9 heteroatoms. The summed E-state index contributed by atoms with van der Waals surface area (Å²) in [5.74, 6) is -1.11. The van der Waals surface area contributed by atoms with Gasteiger partial charge in [-0.05, 0) is 49.7 Å². The third-order valence-corrected chi connectivity index (χ3v) is 6.89. The van der Waals surface area contributed by atoms with Crippen molar-refractivity contribution in [3.8, 4) is 0 Å². The minimum atomic E-state index is -3.76. The first-order valence-electron chi connectivity index (χ1n) is 9.66. The molecule has 2 aromatic rings. The molecule has 0 bridgehead atoms. The summed E-state index contributed by atoms with van der Waals surface area (Å²) in [5, 5.41) is 2.61. The van der Waals surface area contributed by atoms with Gasteiger partial charge in [0.2, 0.25) is 15.9 Å². The average molecular weight is 434 g/mol. The minimum Gasteiger partial charge on any atom is -0.343 e. The number of carbonyl (C=O) groups is 2. The van der Waals surface area contributed by atoms with E-state index in [4.69, 9.17) is 0 Å². The second kappa shape index (κ2) is 9.36. The number of hydrogen-bond acceptors (Lipinski definition) is 4. The molecule has 0 aliphatic carbocycles. The van der Waals surface area contributed by atoms with Crippen LogP contribution in [0.1, 0.15) is 22.3 Å². The summed E-state index contributed by atoms with van der Waals surface area (Å²) < 4.78 is 39.9. The van der Waals surface area contributed by atoms with Gasteiger partial charge >= 0.3 is 0 Å². The van der Waals surface area contributed by atoms with E-state index in [1.807, 2.05) is 19.1 Å². The third kappa shape index (κ3) is 5.22. The van der Waals surface area contributed by atoms with Crippen LogP contribution in [0.25, 0.3) is 0 Å². The summed E-state index contributed by atoms with van der Waals surface area (Å²) in [4.78, 5) is 26.3. The number of nitrogens with one attached hydrogen (secondary N) is 1. The van der Waals surface area contributed by atoms with Gasteiger partial charge in [0.05, 0.1) is 11.4 Å². The topological polar surface area (TPSA) is 86.8 Å². The molecule has 0 radical (unpaired) electrons. The van der Waals surface area contributed by atoms with Crippen LogP contribution in [-0.2, 0) is 14.8 Å². The van der Waals surface area contributed by atoms with Crippen molar-refractivity contribution in [3.63, 3.8) is 0 Å². The van der Waals surface area contributed by atoms with E-state index in [9.17, 15) is 22.4 Å². The summed E-state index contributed by atoms with van der Waals surface area (Å²) >= 11 is 0. The number of benzene rings is 2. The maximum Gasteiger partial charge on any atom is 0.251 e. The Labute approximate surface area is 175 Å². The molecule has 7 nitrogen and oxygen atoms in total. The van der Waals surface area contributed by atoms with E-state index in [1.54, 1.807) is 17.0 Å². The molecule has 0 saturated carbocycles. The molecular formula is C21H24FN3O4S. The molecule has 1 saturated heterocycles. The Kier molecular flexibility index (Phi) is 6.84. The van der Waals surface area contributed by atoms with Gasteiger partial charge in [-0.1, -0.05) is 17.7 Å². The first kappa shape index (κ1) is 21.9. The highest BCUT2D eigenvalue weighted by Crippen LogP contribution is 2.18. The summed E-state index contributed by atoms with van der Waals surface area (Å²) in [7, 11) is -3.76. The number of amides is 2. The van der Waals surface area contributed by atoms with Crippen molar-refractivity contribution in [1.82, 2.24) is 14.5 Å². The summed E-state index contributed by atoms with van der Waals surface area (Å²) in [5.41, 5.74) is 1.51. The zero-order valence-corrected chi connectivity index (χ0v) is 17.5. The SMILES string of the molecule is Cc1ccc(C(=O)NCC(=O)N2CCCN(S(=O)(=O)c3ccc(F)cc3)CC2)cc1. The van der Waals surface area contributed by atoms with Gasteiger partial charge in [0.15, 0.2) is 0 Å². The van der Waals surface area contributed by atoms with Crippen molar-refractivity contribution in [2.75, 3.05) is 32.7 Å². The predicted octanol–water partition coefficient (Wildman–Crippen LogP) is 1.79. The molecule has 1 N–H and O–H groups in total. The standard InChI is InChI=1S/C21H24FN3O4S/c1-16-3-5-17(6-4-16)21(27)23-15-20(26)24-11-2-12-25(14-13-24)30(28,29)19-9-7-18(22)8-10-19/h3-10H,2,11-15H2,1H3,(H,23,27). The number of aryl methyl sites for hydroxylation is 1. The molecule has 30 heavy (non-hydrogen) atoms. The average Bonchev–Trinajstić information content (AvgIpc) is 2.99. The monoisotopic (exact) mass is 433 g/mol. The Morgan fingerprint density at radius 2 is 1.63 bits per heavy atom. The van der Waals surface area contributed by atoms with Gasteiger partial charge in [-0.25, -0.2) is 12.8 Å². The molecule has 0 atom stereocenters. The van der Waals surface area contributed by atoms with Gasteiger partial charge in [0, 0.05) is 31.7 Å². The van der Waals surface area contributed by atoms with Crippen molar-refractivity contribution >= 4 is 21.8 Å². The summed E-state index contributed by atoms with van der Waals surface area (Å²) in [6, 6.07) is 11.7. The Hall–Kier alpha value is -2.78. The Morgan fingerprint density at radius 3 is 2.30 bits per heavy atom. The van der Waals surface area contributed by atoms with E-state index in [0.717, 1.165) is 17.7 Å². The van der Waals surface area contributed by atoms with Crippen LogP contribution in [0.5, 0.6) is 0 Å². The number of hydrogen-bond donors (Lipinski definition) is 1. The molecule has 1 fully saturated rings. The van der Waals surface area contributed by atoms with E-state index in [0.29, 0.717) is 18.5 Å². The molecule has 3 rings (SSSR count). The van der Waals surface area contributed by atoms with Gasteiger partial charge in [0.1, 0.15) is 5.82 Å². The maximum atomic E-state index is 13.1. The fourth-order valence-electron chi connectivity index (χ4n) is 3.21. The lowest BCUT2D eigenvalue weighted by atomic mass is 10.1. The van der Waals surface area contributed by atoms with Crippen molar-refractivity contribution in [2.24, 2.45) is 0 Å². The van der Waals surface area contributed by atoms with Crippen molar-refractivity contribution in [1.29, 1.82) is 0 Å². The zero-order valence-electron chi connectivity index (χ0n) is 16.7. The van der Waals surface area contributed by atoms with Crippen LogP contribution < -0.4 is 5.32 Å². The molecule has 2 aromatic carbocycles. The van der Waals surface area contributed by atoms with Crippen molar-refractivity contribution in [3.05, 3.63) is 65.5 Å². The first-order valence-corrected chi connectivity index (χ1v) is 11.1. The molecule has 2 amide bonds. The number of sulfonamides is 1. The van der Waals surface area contributed by atoms with E-state index in [-0.39, 0.29) is 42.9 Å². The second-order valence-electron chi connectivity index (χ2n) is 7.14. The minimum absolute atomic E-state index is 0.0223. The smallest absolute Gasteiger partial charge is 0.251 e. The molecular weight excluding hydrogens is 409 g/mol. The van der Waals surface area contributed by atoms with Gasteiger partial charge in [0.25, 0.3) is 5.91 Å². The number of nitrogens with zero attached hydrogens (tertiary/aromatic N) is 2. The number of rotatable bonds is 5. The molecule has 0 spiro atoms. The molecule has 1 aliphatic heterocycles. The van der Waals surface area contributed by atoms with E-state index in [2.05, 4.69) is 5.32 Å². The lowest BCUT2D eigenvalue weighted by Gasteiger charge is -2.22. The summed E-state index contributed by atoms with van der Waals surface area (Å²) in [6.45, 7) is 2.78. The Bertz CT molecular complexity index is 1010. The van der Waals surface area contributed by atoms with Gasteiger partial charge in [-0.2, -0.15) is 4.31 Å². The second-order valence-corrected chi connectivity index (χ2v) is 9.08. The van der Waals surface area contributed by atoms with E-state index >= 15 is 0 Å². The Morgan fingerprint density at radius 1 is 0.967 bits per heavy atom. The van der Waals surface area contributed by atoms with E-state index in [1.165, 1.54) is 16.4 Å². The molecule has 1 heterocycles. The highest BCUT2D eigenvalue weighted by molar-refractivity contribution is 7.89. The lowest BCUT2D eigenvalue weighted by molar-refractivity contribution is -0.129. The van der Waals surface area contributed by atoms with Gasteiger partial charge in [-0.15, -0.1) is 0 Å². The van der Waals surface area contributed by atoms with Crippen LogP contribution >= 0.6 is 0 Å². The highest BCUT2D eigenvalue weighted by atomic mass is 32.2. The predicted molar refractivity (Wildman–Crippen MR) is 110 cm³/mol. The van der Waals surface area contributed by atoms with Gasteiger partial charge < -0.3 is 10.2 Å². The molecule has 0 unspecified atom stereocenters. The quantitative estimate of drug-likeness (QED) is 0.779. The highest BCUT2D eigenvalue weighted by Gasteiger charge is 2.28. The fourth-order valence-corrected chi connectivity index (χ4v) is 4.68. The number of carbonyl (C=O) groups excluding carboxylic acids is 2. The maximum absolute atomic E-state index is 13.1. The summed E-state index contributed by atoms with van der Waals surface area (Å²) in [6.07, 6.45) is 0.470. The fraction of sp³-hybridized carbons (Fsp3) is 0.333. The van der Waals surface area contributed by atoms with Crippen molar-refractivity contribution in [2.45, 2.75) is 18.2 Å². The van der Waals surface area contributed by atoms with Crippen LogP contribution in [0, 0.1) is 12.7 Å². The molecule has 0 aromatic heterocycles. The van der Waals surface area contributed by atoms with Crippen molar-refractivity contribution < 1.29 is 22.4 Å². The molecule has 160 valence electrons. The largest absolute Gasteiger partial charge is 0.343 e. The third-order valence-electron chi connectivity index (χ3n) is 4.97. The normalized spacial score (nSPS) is 15.5. The number of halogens is 1. The van der Waals surface area contributed by atoms with Crippen LogP contribution in [0.2, 0.25) is 0 Å². The molecule has 1 aliphatic rings. The van der Waals surface area contributed by atoms with Crippen LogP contribution in [0.4, 0.5) is 4.39 Å². The van der Waals surface area contributed by atoms with E-state index < -0.39 is 15.8 Å². The van der Waals surface area contributed by atoms with Crippen LogP contribution in [0.15, 0.2) is 53.4 Å².